The highest BCUT2D eigenvalue weighted by Crippen LogP contribution is 2.62. The van der Waals surface area contributed by atoms with E-state index in [0.717, 1.165) is 73.2 Å². The van der Waals surface area contributed by atoms with Crippen LogP contribution in [0.2, 0.25) is 0 Å². The molecule has 0 unspecified atom stereocenters. The van der Waals surface area contributed by atoms with Crippen molar-refractivity contribution in [3.05, 3.63) is 152 Å². The van der Waals surface area contributed by atoms with Crippen LogP contribution >= 0.6 is 0 Å². The molecular formula is C42H25N3O2. The number of hydrogen-bond acceptors (Lipinski definition) is 3. The molecule has 220 valence electrons. The van der Waals surface area contributed by atoms with Crippen molar-refractivity contribution in [1.29, 1.82) is 0 Å². The summed E-state index contributed by atoms with van der Waals surface area (Å²) in [7, 11) is 0. The predicted octanol–water partition coefficient (Wildman–Crippen LogP) is 11.6. The third-order valence-electron chi connectivity index (χ3n) is 9.65. The van der Waals surface area contributed by atoms with Crippen LogP contribution in [0, 0.1) is 0 Å². The second-order valence-corrected chi connectivity index (χ2v) is 12.2. The van der Waals surface area contributed by atoms with E-state index in [1.165, 1.54) is 21.8 Å². The fourth-order valence-corrected chi connectivity index (χ4v) is 7.74. The van der Waals surface area contributed by atoms with Gasteiger partial charge in [-0.05, 0) is 66.7 Å². The summed E-state index contributed by atoms with van der Waals surface area (Å²) in [6, 6.07) is 53.3. The topological polar surface area (TPSA) is 31.6 Å². The lowest BCUT2D eigenvalue weighted by molar-refractivity contribution is 0.450. The SMILES string of the molecule is c1ccc(-n2c3ccccc3c3cc(-n4c5ccccc5c5c6c7c(cc54)Oc4ccccc4N7c4ccccc4O6)ccc32)cc1. The molecule has 0 N–H and O–H groups in total. The van der Waals surface area contributed by atoms with Gasteiger partial charge >= 0.3 is 0 Å². The highest BCUT2D eigenvalue weighted by atomic mass is 16.5. The van der Waals surface area contributed by atoms with Gasteiger partial charge in [0.1, 0.15) is 5.69 Å². The summed E-state index contributed by atoms with van der Waals surface area (Å²) in [5, 5.41) is 4.62. The average Bonchev–Trinajstić information content (AvgIpc) is 3.64. The summed E-state index contributed by atoms with van der Waals surface area (Å²) in [4.78, 5) is 2.29. The van der Waals surface area contributed by atoms with E-state index < -0.39 is 0 Å². The van der Waals surface area contributed by atoms with Crippen LogP contribution in [0.15, 0.2) is 152 Å². The number of benzene rings is 7. The Bertz CT molecular complexity index is 2750. The van der Waals surface area contributed by atoms with Crippen LogP contribution in [0.5, 0.6) is 23.0 Å². The normalized spacial score (nSPS) is 13.0. The Kier molecular flexibility index (Phi) is 4.78. The van der Waals surface area contributed by atoms with Crippen molar-refractivity contribution in [2.45, 2.75) is 0 Å². The largest absolute Gasteiger partial charge is 0.453 e. The van der Waals surface area contributed by atoms with Gasteiger partial charge in [-0.3, -0.25) is 4.90 Å². The summed E-state index contributed by atoms with van der Waals surface area (Å²) in [6.07, 6.45) is 0. The maximum absolute atomic E-state index is 6.85. The molecule has 47 heavy (non-hydrogen) atoms. The lowest BCUT2D eigenvalue weighted by Crippen LogP contribution is -2.20. The highest BCUT2D eigenvalue weighted by Gasteiger charge is 2.37. The second kappa shape index (κ2) is 9.05. The molecule has 0 aliphatic carbocycles. The molecule has 0 saturated carbocycles. The zero-order valence-corrected chi connectivity index (χ0v) is 25.1. The minimum atomic E-state index is 0.770. The molecule has 5 heteroatoms. The molecule has 9 aromatic rings. The maximum atomic E-state index is 6.85. The van der Waals surface area contributed by atoms with Gasteiger partial charge in [0.05, 0.1) is 38.8 Å². The quantitative estimate of drug-likeness (QED) is 0.197. The molecule has 0 bridgehead atoms. The smallest absolute Gasteiger partial charge is 0.165 e. The monoisotopic (exact) mass is 603 g/mol. The first kappa shape index (κ1) is 24.8. The number of aromatic nitrogens is 2. The van der Waals surface area contributed by atoms with E-state index in [9.17, 15) is 0 Å². The third kappa shape index (κ3) is 3.27. The first-order valence-corrected chi connectivity index (χ1v) is 15.9. The number of rotatable bonds is 2. The van der Waals surface area contributed by atoms with Crippen LogP contribution in [0.4, 0.5) is 17.1 Å². The van der Waals surface area contributed by atoms with Gasteiger partial charge in [-0.2, -0.15) is 0 Å². The first-order valence-electron chi connectivity index (χ1n) is 15.9. The molecule has 5 nitrogen and oxygen atoms in total. The van der Waals surface area contributed by atoms with Gasteiger partial charge in [0, 0.05) is 33.6 Å². The standard InChI is InChI=1S/C42H25N3O2/c1-2-12-26(13-3-1)43-31-16-6-4-14-28(31)30-24-27(22-23-33(30)43)44-32-17-7-5-15-29(32)40-36(44)25-39-41-42(40)47-38-21-11-9-19-35(38)45(41)34-18-8-10-20-37(34)46-39/h1-25H. The summed E-state index contributed by atoms with van der Waals surface area (Å²) in [5.41, 5.74) is 9.66. The lowest BCUT2D eigenvalue weighted by atomic mass is 10.0. The van der Waals surface area contributed by atoms with Crippen molar-refractivity contribution in [2.75, 3.05) is 4.90 Å². The minimum absolute atomic E-state index is 0.770. The van der Waals surface area contributed by atoms with Crippen LogP contribution in [0.3, 0.4) is 0 Å². The lowest BCUT2D eigenvalue weighted by Gasteiger charge is -2.38. The Morgan fingerprint density at radius 1 is 0.383 bits per heavy atom. The van der Waals surface area contributed by atoms with Crippen molar-refractivity contribution in [2.24, 2.45) is 0 Å². The molecule has 0 radical (unpaired) electrons. The van der Waals surface area contributed by atoms with Gasteiger partial charge in [-0.1, -0.05) is 78.9 Å². The highest BCUT2D eigenvalue weighted by molar-refractivity contribution is 6.17. The zero-order valence-electron chi connectivity index (χ0n) is 25.1. The molecule has 0 spiro atoms. The van der Waals surface area contributed by atoms with Crippen molar-refractivity contribution in [1.82, 2.24) is 9.13 Å². The Hall–Kier alpha value is -6.46. The Morgan fingerprint density at radius 3 is 1.77 bits per heavy atom. The molecule has 7 aromatic carbocycles. The molecule has 0 atom stereocenters. The number of anilines is 3. The van der Waals surface area contributed by atoms with Crippen molar-refractivity contribution in [3.8, 4) is 34.4 Å². The second-order valence-electron chi connectivity index (χ2n) is 12.2. The predicted molar refractivity (Wildman–Crippen MR) is 190 cm³/mol. The van der Waals surface area contributed by atoms with E-state index in [2.05, 4.69) is 141 Å². The molecule has 11 rings (SSSR count). The summed E-state index contributed by atoms with van der Waals surface area (Å²) < 4.78 is 18.2. The Labute approximate surface area is 269 Å². The molecule has 0 amide bonds. The number of ether oxygens (including phenoxy) is 2. The van der Waals surface area contributed by atoms with Crippen molar-refractivity contribution < 1.29 is 9.47 Å². The minimum Gasteiger partial charge on any atom is -0.453 e. The summed E-state index contributed by atoms with van der Waals surface area (Å²) in [6.45, 7) is 0. The van der Waals surface area contributed by atoms with E-state index in [0.29, 0.717) is 0 Å². The van der Waals surface area contributed by atoms with Crippen molar-refractivity contribution in [3.63, 3.8) is 0 Å². The molecule has 0 saturated heterocycles. The van der Waals surface area contributed by atoms with Gasteiger partial charge in [-0.15, -0.1) is 0 Å². The Morgan fingerprint density at radius 2 is 0.979 bits per heavy atom. The molecule has 4 heterocycles. The number of para-hydroxylation sites is 7. The van der Waals surface area contributed by atoms with Crippen LogP contribution in [-0.4, -0.2) is 9.13 Å². The van der Waals surface area contributed by atoms with E-state index in [1.807, 2.05) is 24.3 Å². The van der Waals surface area contributed by atoms with E-state index in [-0.39, 0.29) is 0 Å². The third-order valence-corrected chi connectivity index (χ3v) is 9.65. The van der Waals surface area contributed by atoms with Crippen LogP contribution in [-0.2, 0) is 0 Å². The molecule has 2 aliphatic heterocycles. The van der Waals surface area contributed by atoms with Crippen LogP contribution in [0.25, 0.3) is 55.0 Å². The van der Waals surface area contributed by atoms with E-state index in [1.54, 1.807) is 0 Å². The van der Waals surface area contributed by atoms with Crippen LogP contribution < -0.4 is 14.4 Å². The van der Waals surface area contributed by atoms with Gasteiger partial charge in [-0.25, -0.2) is 0 Å². The number of hydrogen-bond donors (Lipinski definition) is 0. The van der Waals surface area contributed by atoms with Crippen molar-refractivity contribution >= 4 is 60.7 Å². The average molecular weight is 604 g/mol. The number of nitrogens with zero attached hydrogens (tertiary/aromatic N) is 3. The summed E-state index contributed by atoms with van der Waals surface area (Å²) in [5.74, 6) is 3.22. The van der Waals surface area contributed by atoms with E-state index in [4.69, 9.17) is 9.47 Å². The van der Waals surface area contributed by atoms with Gasteiger partial charge in [0.25, 0.3) is 0 Å². The van der Waals surface area contributed by atoms with Gasteiger partial charge in [0.15, 0.2) is 23.0 Å². The van der Waals surface area contributed by atoms with Gasteiger partial charge < -0.3 is 18.6 Å². The molecule has 2 aliphatic rings. The molecular weight excluding hydrogens is 578 g/mol. The molecule has 0 fully saturated rings. The number of fused-ring (bicyclic) bond motifs is 11. The first-order chi connectivity index (χ1) is 23.3. The van der Waals surface area contributed by atoms with Gasteiger partial charge in [0.2, 0.25) is 0 Å². The van der Waals surface area contributed by atoms with E-state index >= 15 is 0 Å². The summed E-state index contributed by atoms with van der Waals surface area (Å²) >= 11 is 0. The maximum Gasteiger partial charge on any atom is 0.165 e. The fourth-order valence-electron chi connectivity index (χ4n) is 7.74. The zero-order chi connectivity index (χ0) is 30.6. The fraction of sp³-hybridized carbons (Fsp3) is 0. The molecule has 2 aromatic heterocycles. The van der Waals surface area contributed by atoms with Crippen LogP contribution in [0.1, 0.15) is 0 Å². The Balaban J connectivity index is 1.23.